The first-order valence-corrected chi connectivity index (χ1v) is 6.11. The lowest BCUT2D eigenvalue weighted by atomic mass is 9.78. The number of rotatable bonds is 6. The van der Waals surface area contributed by atoms with Gasteiger partial charge in [-0.2, -0.15) is 0 Å². The number of nitrogens with one attached hydrogen (secondary N) is 1. The lowest BCUT2D eigenvalue weighted by Gasteiger charge is -2.31. The molecule has 1 nitrogen and oxygen atoms in total. The molecule has 86 valence electrons. The van der Waals surface area contributed by atoms with Crippen molar-refractivity contribution in [2.75, 3.05) is 6.54 Å². The number of hydrogen-bond donors (Lipinski definition) is 1. The largest absolute Gasteiger partial charge is 0.314 e. The Labute approximate surface area is 90.7 Å². The van der Waals surface area contributed by atoms with Crippen molar-refractivity contribution in [3.63, 3.8) is 0 Å². The van der Waals surface area contributed by atoms with Gasteiger partial charge in [-0.25, -0.2) is 0 Å². The fourth-order valence-electron chi connectivity index (χ4n) is 1.67. The third kappa shape index (κ3) is 6.42. The van der Waals surface area contributed by atoms with E-state index in [0.717, 1.165) is 5.92 Å². The van der Waals surface area contributed by atoms with Crippen LogP contribution in [0.5, 0.6) is 0 Å². The van der Waals surface area contributed by atoms with Crippen LogP contribution in [-0.4, -0.2) is 12.6 Å². The van der Waals surface area contributed by atoms with Crippen LogP contribution < -0.4 is 5.32 Å². The third-order valence-corrected chi connectivity index (χ3v) is 2.90. The minimum absolute atomic E-state index is 0.442. The molecule has 1 unspecified atom stereocenters. The average Bonchev–Trinajstić information content (AvgIpc) is 2.01. The van der Waals surface area contributed by atoms with E-state index >= 15 is 0 Å². The molecule has 0 aliphatic carbocycles. The van der Waals surface area contributed by atoms with Crippen LogP contribution in [0.3, 0.4) is 0 Å². The van der Waals surface area contributed by atoms with Gasteiger partial charge in [-0.05, 0) is 24.3 Å². The van der Waals surface area contributed by atoms with Gasteiger partial charge in [0.15, 0.2) is 0 Å². The molecule has 0 aromatic carbocycles. The number of hydrogen-bond acceptors (Lipinski definition) is 1. The molecule has 0 aliphatic heterocycles. The highest BCUT2D eigenvalue weighted by molar-refractivity contribution is 4.76. The van der Waals surface area contributed by atoms with Crippen LogP contribution in [-0.2, 0) is 0 Å². The fraction of sp³-hybridized carbons (Fsp3) is 1.00. The quantitative estimate of drug-likeness (QED) is 0.685. The Kier molecular flexibility index (Phi) is 6.43. The van der Waals surface area contributed by atoms with Crippen molar-refractivity contribution in [3.8, 4) is 0 Å². The van der Waals surface area contributed by atoms with E-state index in [2.05, 4.69) is 46.9 Å². The molecule has 0 aliphatic rings. The summed E-state index contributed by atoms with van der Waals surface area (Å²) >= 11 is 0. The Morgan fingerprint density at radius 1 is 1.14 bits per heavy atom. The molecule has 0 aromatic heterocycles. The normalized spacial score (nSPS) is 14.8. The van der Waals surface area contributed by atoms with Crippen molar-refractivity contribution in [2.45, 2.75) is 66.8 Å². The summed E-state index contributed by atoms with van der Waals surface area (Å²) in [6, 6.07) is 0.612. The van der Waals surface area contributed by atoms with Crippen molar-refractivity contribution in [3.05, 3.63) is 0 Å². The van der Waals surface area contributed by atoms with Crippen molar-refractivity contribution in [1.82, 2.24) is 5.32 Å². The fourth-order valence-corrected chi connectivity index (χ4v) is 1.67. The molecule has 0 rings (SSSR count). The lowest BCUT2D eigenvalue weighted by Crippen LogP contribution is -2.35. The van der Waals surface area contributed by atoms with Gasteiger partial charge in [0.2, 0.25) is 0 Å². The van der Waals surface area contributed by atoms with Crippen LogP contribution in [0, 0.1) is 11.3 Å². The Morgan fingerprint density at radius 3 is 2.07 bits per heavy atom. The summed E-state index contributed by atoms with van der Waals surface area (Å²) in [7, 11) is 0. The molecule has 14 heavy (non-hydrogen) atoms. The summed E-state index contributed by atoms with van der Waals surface area (Å²) in [5.74, 6) is 0.810. The molecule has 0 bridgehead atoms. The van der Waals surface area contributed by atoms with Crippen LogP contribution in [0.4, 0.5) is 0 Å². The van der Waals surface area contributed by atoms with E-state index < -0.39 is 0 Å². The standard InChI is InChI=1S/C13H29N/c1-7-8-9-12(13(4,5)6)10-14-11(2)3/h11-12,14H,7-10H2,1-6H3. The van der Waals surface area contributed by atoms with Gasteiger partial charge < -0.3 is 5.32 Å². The van der Waals surface area contributed by atoms with E-state index in [-0.39, 0.29) is 0 Å². The van der Waals surface area contributed by atoms with E-state index in [9.17, 15) is 0 Å². The van der Waals surface area contributed by atoms with Gasteiger partial charge in [-0.15, -0.1) is 0 Å². The maximum Gasteiger partial charge on any atom is 0.00104 e. The maximum atomic E-state index is 3.56. The van der Waals surface area contributed by atoms with Crippen LogP contribution in [0.25, 0.3) is 0 Å². The lowest BCUT2D eigenvalue weighted by molar-refractivity contribution is 0.210. The molecule has 1 atom stereocenters. The summed E-state index contributed by atoms with van der Waals surface area (Å²) in [5, 5.41) is 3.56. The van der Waals surface area contributed by atoms with Gasteiger partial charge in [0.25, 0.3) is 0 Å². The molecule has 0 amide bonds. The molecule has 0 heterocycles. The second-order valence-electron chi connectivity index (χ2n) is 5.77. The van der Waals surface area contributed by atoms with Crippen LogP contribution in [0.2, 0.25) is 0 Å². The van der Waals surface area contributed by atoms with Crippen molar-refractivity contribution < 1.29 is 0 Å². The zero-order valence-electron chi connectivity index (χ0n) is 11.0. The first-order chi connectivity index (χ1) is 6.38. The second kappa shape index (κ2) is 6.44. The van der Waals surface area contributed by atoms with Gasteiger partial charge in [0.1, 0.15) is 0 Å². The van der Waals surface area contributed by atoms with Crippen molar-refractivity contribution in [2.24, 2.45) is 11.3 Å². The van der Waals surface area contributed by atoms with Crippen LogP contribution >= 0.6 is 0 Å². The summed E-state index contributed by atoms with van der Waals surface area (Å²) in [6.07, 6.45) is 4.04. The zero-order valence-corrected chi connectivity index (χ0v) is 11.0. The summed E-state index contributed by atoms with van der Waals surface area (Å²) in [5.41, 5.74) is 0.442. The zero-order chi connectivity index (χ0) is 11.2. The summed E-state index contributed by atoms with van der Waals surface area (Å²) < 4.78 is 0. The van der Waals surface area contributed by atoms with Crippen LogP contribution in [0.15, 0.2) is 0 Å². The topological polar surface area (TPSA) is 12.0 Å². The van der Waals surface area contributed by atoms with E-state index in [1.165, 1.54) is 25.8 Å². The Balaban J connectivity index is 3.98. The third-order valence-electron chi connectivity index (χ3n) is 2.90. The molecular formula is C13H29N. The molecule has 0 spiro atoms. The van der Waals surface area contributed by atoms with Crippen molar-refractivity contribution in [1.29, 1.82) is 0 Å². The van der Waals surface area contributed by atoms with E-state index in [0.29, 0.717) is 11.5 Å². The van der Waals surface area contributed by atoms with E-state index in [4.69, 9.17) is 0 Å². The molecular weight excluding hydrogens is 170 g/mol. The molecule has 1 heteroatoms. The van der Waals surface area contributed by atoms with Gasteiger partial charge in [0.05, 0.1) is 0 Å². The number of unbranched alkanes of at least 4 members (excludes halogenated alkanes) is 1. The highest BCUT2D eigenvalue weighted by Crippen LogP contribution is 2.29. The van der Waals surface area contributed by atoms with E-state index in [1.54, 1.807) is 0 Å². The predicted molar refractivity (Wildman–Crippen MR) is 65.6 cm³/mol. The molecule has 0 aromatic rings. The summed E-state index contributed by atoms with van der Waals surface area (Å²) in [6.45, 7) is 15.0. The summed E-state index contributed by atoms with van der Waals surface area (Å²) in [4.78, 5) is 0. The molecule has 0 radical (unpaired) electrons. The molecule has 1 N–H and O–H groups in total. The van der Waals surface area contributed by atoms with Gasteiger partial charge >= 0.3 is 0 Å². The van der Waals surface area contributed by atoms with Gasteiger partial charge in [0, 0.05) is 6.04 Å². The Bertz CT molecular complexity index is 133. The minimum Gasteiger partial charge on any atom is -0.314 e. The Hall–Kier alpha value is -0.0400. The van der Waals surface area contributed by atoms with Gasteiger partial charge in [-0.1, -0.05) is 54.4 Å². The molecule has 0 fully saturated rings. The maximum absolute atomic E-state index is 3.56. The highest BCUT2D eigenvalue weighted by Gasteiger charge is 2.23. The minimum atomic E-state index is 0.442. The van der Waals surface area contributed by atoms with E-state index in [1.807, 2.05) is 0 Å². The molecule has 0 saturated heterocycles. The first-order valence-electron chi connectivity index (χ1n) is 6.11. The average molecular weight is 199 g/mol. The molecule has 0 saturated carbocycles. The monoisotopic (exact) mass is 199 g/mol. The van der Waals surface area contributed by atoms with Crippen molar-refractivity contribution >= 4 is 0 Å². The SMILES string of the molecule is CCCCC(CNC(C)C)C(C)(C)C. The predicted octanol–water partition coefficient (Wildman–Crippen LogP) is 3.84. The second-order valence-corrected chi connectivity index (χ2v) is 5.77. The first kappa shape index (κ1) is 14.0. The van der Waals surface area contributed by atoms with Gasteiger partial charge in [-0.3, -0.25) is 0 Å². The van der Waals surface area contributed by atoms with Crippen LogP contribution in [0.1, 0.15) is 60.8 Å². The Morgan fingerprint density at radius 2 is 1.71 bits per heavy atom. The smallest absolute Gasteiger partial charge is 0.00104 e. The highest BCUT2D eigenvalue weighted by atomic mass is 14.9.